The topological polar surface area (TPSA) is 85.8 Å². The Hall–Kier alpha value is -2.37. The maximum absolute atomic E-state index is 12.4. The number of hydrogen-bond donors (Lipinski definition) is 2. The third kappa shape index (κ3) is 3.21. The highest BCUT2D eigenvalue weighted by Crippen LogP contribution is 2.21. The molecule has 1 aliphatic carbocycles. The molecular weight excluding hydrogens is 290 g/mol. The number of hydrogen-bond acceptors (Lipinski definition) is 4. The van der Waals surface area contributed by atoms with E-state index in [1.54, 1.807) is 0 Å². The number of rotatable bonds is 3. The molecule has 122 valence electrons. The number of nitrogen functional groups attached to an aromatic ring is 1. The van der Waals surface area contributed by atoms with E-state index in [-0.39, 0.29) is 23.5 Å². The van der Waals surface area contributed by atoms with Gasteiger partial charge in [-0.05, 0) is 43.9 Å². The third-order valence-corrected chi connectivity index (χ3v) is 4.45. The first-order valence-electron chi connectivity index (χ1n) is 8.16. The average molecular weight is 313 g/mol. The number of carbonyl (C=O) groups excluding carboxylic acids is 1. The zero-order chi connectivity index (χ0) is 16.4. The highest BCUT2D eigenvalue weighted by Gasteiger charge is 2.22. The fourth-order valence-electron chi connectivity index (χ4n) is 3.08. The van der Waals surface area contributed by atoms with Crippen molar-refractivity contribution in [2.45, 2.75) is 52.0 Å². The largest absolute Gasteiger partial charge is 0.382 e. The fraction of sp³-hybridized carbons (Fsp3) is 0.471. The van der Waals surface area contributed by atoms with Crippen molar-refractivity contribution in [2.24, 2.45) is 0 Å². The van der Waals surface area contributed by atoms with Gasteiger partial charge in [0.25, 0.3) is 5.91 Å². The van der Waals surface area contributed by atoms with Gasteiger partial charge in [0.2, 0.25) is 0 Å². The Morgan fingerprint density at radius 2 is 2.00 bits per heavy atom. The summed E-state index contributed by atoms with van der Waals surface area (Å²) in [6.45, 7) is 3.99. The van der Waals surface area contributed by atoms with Crippen LogP contribution in [0.1, 0.15) is 53.7 Å². The summed E-state index contributed by atoms with van der Waals surface area (Å²) in [4.78, 5) is 12.4. The lowest BCUT2D eigenvalue weighted by Gasteiger charge is -2.22. The Morgan fingerprint density at radius 1 is 1.26 bits per heavy atom. The maximum atomic E-state index is 12.4. The molecule has 1 heterocycles. The van der Waals surface area contributed by atoms with Gasteiger partial charge < -0.3 is 11.1 Å². The lowest BCUT2D eigenvalue weighted by atomic mass is 9.95. The van der Waals surface area contributed by atoms with E-state index in [2.05, 4.69) is 15.6 Å². The van der Waals surface area contributed by atoms with Crippen LogP contribution in [0.2, 0.25) is 0 Å². The van der Waals surface area contributed by atoms with Crippen LogP contribution in [0.25, 0.3) is 5.69 Å². The van der Waals surface area contributed by atoms with Gasteiger partial charge in [-0.1, -0.05) is 36.6 Å². The molecule has 1 amide bonds. The summed E-state index contributed by atoms with van der Waals surface area (Å²) >= 11 is 0. The van der Waals surface area contributed by atoms with Crippen molar-refractivity contribution >= 4 is 11.7 Å². The standard InChI is InChI=1S/C17H23N5O/c1-11-8-9-12(2)14(10-11)22-16(18)15(20-21-22)17(23)19-13-6-4-3-5-7-13/h8-10,13H,3-7,18H2,1-2H3,(H,19,23). The summed E-state index contributed by atoms with van der Waals surface area (Å²) in [7, 11) is 0. The molecule has 0 spiro atoms. The van der Waals surface area contributed by atoms with Crippen LogP contribution in [0, 0.1) is 13.8 Å². The van der Waals surface area contributed by atoms with Gasteiger partial charge in [-0.3, -0.25) is 4.79 Å². The van der Waals surface area contributed by atoms with Crippen molar-refractivity contribution in [3.8, 4) is 5.69 Å². The Bertz CT molecular complexity index is 716. The van der Waals surface area contributed by atoms with Crippen LogP contribution in [0.5, 0.6) is 0 Å². The zero-order valence-corrected chi connectivity index (χ0v) is 13.7. The molecule has 0 saturated heterocycles. The quantitative estimate of drug-likeness (QED) is 0.911. The van der Waals surface area contributed by atoms with E-state index in [1.807, 2.05) is 32.0 Å². The van der Waals surface area contributed by atoms with Crippen LogP contribution in [0.15, 0.2) is 18.2 Å². The zero-order valence-electron chi connectivity index (χ0n) is 13.7. The van der Waals surface area contributed by atoms with E-state index in [0.29, 0.717) is 0 Å². The molecule has 6 nitrogen and oxygen atoms in total. The second kappa shape index (κ2) is 6.40. The molecule has 0 unspecified atom stereocenters. The summed E-state index contributed by atoms with van der Waals surface area (Å²) in [5.74, 6) is 0.0537. The minimum absolute atomic E-state index is 0.205. The number of carbonyl (C=O) groups is 1. The van der Waals surface area contributed by atoms with Crippen molar-refractivity contribution in [2.75, 3.05) is 5.73 Å². The Morgan fingerprint density at radius 3 is 2.74 bits per heavy atom. The lowest BCUT2D eigenvalue weighted by Crippen LogP contribution is -2.36. The van der Waals surface area contributed by atoms with Crippen molar-refractivity contribution in [1.29, 1.82) is 0 Å². The number of benzene rings is 1. The van der Waals surface area contributed by atoms with Gasteiger partial charge in [-0.15, -0.1) is 5.10 Å². The molecule has 1 aromatic carbocycles. The number of aryl methyl sites for hydroxylation is 2. The number of nitrogens with one attached hydrogen (secondary N) is 1. The van der Waals surface area contributed by atoms with Crippen LogP contribution >= 0.6 is 0 Å². The molecule has 0 atom stereocenters. The molecule has 6 heteroatoms. The van der Waals surface area contributed by atoms with Crippen LogP contribution in [0.4, 0.5) is 5.82 Å². The summed E-state index contributed by atoms with van der Waals surface area (Å²) in [6.07, 6.45) is 5.62. The number of amides is 1. The highest BCUT2D eigenvalue weighted by atomic mass is 16.2. The van der Waals surface area contributed by atoms with Crippen LogP contribution in [-0.2, 0) is 0 Å². The minimum atomic E-state index is -0.231. The first kappa shape index (κ1) is 15.5. The number of anilines is 1. The van der Waals surface area contributed by atoms with E-state index in [4.69, 9.17) is 5.73 Å². The summed E-state index contributed by atoms with van der Waals surface area (Å²) in [5.41, 5.74) is 9.34. The highest BCUT2D eigenvalue weighted by molar-refractivity contribution is 5.96. The van der Waals surface area contributed by atoms with E-state index in [0.717, 1.165) is 42.5 Å². The van der Waals surface area contributed by atoms with Crippen LogP contribution in [0.3, 0.4) is 0 Å². The molecule has 2 aromatic rings. The van der Waals surface area contributed by atoms with Gasteiger partial charge in [0.15, 0.2) is 11.5 Å². The number of nitrogens with two attached hydrogens (primary N) is 1. The van der Waals surface area contributed by atoms with Gasteiger partial charge in [-0.25, -0.2) is 0 Å². The monoisotopic (exact) mass is 313 g/mol. The minimum Gasteiger partial charge on any atom is -0.382 e. The second-order valence-electron chi connectivity index (χ2n) is 6.33. The van der Waals surface area contributed by atoms with Crippen LogP contribution < -0.4 is 11.1 Å². The van der Waals surface area contributed by atoms with E-state index in [9.17, 15) is 4.79 Å². The van der Waals surface area contributed by atoms with Crippen LogP contribution in [-0.4, -0.2) is 26.9 Å². The summed E-state index contributed by atoms with van der Waals surface area (Å²) < 4.78 is 1.54. The first-order valence-corrected chi connectivity index (χ1v) is 8.16. The summed E-state index contributed by atoms with van der Waals surface area (Å²) in [5, 5.41) is 11.1. The van der Waals surface area contributed by atoms with E-state index in [1.165, 1.54) is 11.1 Å². The maximum Gasteiger partial charge on any atom is 0.275 e. The Kier molecular flexibility index (Phi) is 4.32. The molecule has 23 heavy (non-hydrogen) atoms. The van der Waals surface area contributed by atoms with Gasteiger partial charge >= 0.3 is 0 Å². The van der Waals surface area contributed by atoms with Crippen molar-refractivity contribution in [3.05, 3.63) is 35.0 Å². The number of aromatic nitrogens is 3. The molecular formula is C17H23N5O. The molecule has 0 aliphatic heterocycles. The predicted octanol–water partition coefficient (Wildman–Crippen LogP) is 2.53. The Balaban J connectivity index is 1.84. The molecule has 1 aromatic heterocycles. The first-order chi connectivity index (χ1) is 11.1. The second-order valence-corrected chi connectivity index (χ2v) is 6.33. The van der Waals surface area contributed by atoms with Gasteiger partial charge in [0, 0.05) is 6.04 Å². The SMILES string of the molecule is Cc1ccc(C)c(-n2nnc(C(=O)NC3CCCCC3)c2N)c1. The molecule has 0 radical (unpaired) electrons. The van der Waals surface area contributed by atoms with Crippen molar-refractivity contribution < 1.29 is 4.79 Å². The third-order valence-electron chi connectivity index (χ3n) is 4.45. The van der Waals surface area contributed by atoms with E-state index < -0.39 is 0 Å². The average Bonchev–Trinajstić information content (AvgIpc) is 2.92. The molecule has 0 bridgehead atoms. The molecule has 3 N–H and O–H groups in total. The number of nitrogens with zero attached hydrogens (tertiary/aromatic N) is 3. The lowest BCUT2D eigenvalue weighted by molar-refractivity contribution is 0.0923. The molecule has 1 fully saturated rings. The van der Waals surface area contributed by atoms with Crippen molar-refractivity contribution in [1.82, 2.24) is 20.3 Å². The molecule has 3 rings (SSSR count). The summed E-state index contributed by atoms with van der Waals surface area (Å²) in [6, 6.07) is 6.25. The predicted molar refractivity (Wildman–Crippen MR) is 89.6 cm³/mol. The molecule has 1 saturated carbocycles. The smallest absolute Gasteiger partial charge is 0.275 e. The van der Waals surface area contributed by atoms with Gasteiger partial charge in [0.1, 0.15) is 0 Å². The fourth-order valence-corrected chi connectivity index (χ4v) is 3.08. The molecule has 1 aliphatic rings. The normalized spacial score (nSPS) is 15.6. The Labute approximate surface area is 136 Å². The van der Waals surface area contributed by atoms with Gasteiger partial charge in [0.05, 0.1) is 5.69 Å². The van der Waals surface area contributed by atoms with E-state index >= 15 is 0 Å². The van der Waals surface area contributed by atoms with Crippen molar-refractivity contribution in [3.63, 3.8) is 0 Å². The van der Waals surface area contributed by atoms with Gasteiger partial charge in [-0.2, -0.15) is 4.68 Å².